The van der Waals surface area contributed by atoms with Crippen molar-refractivity contribution >= 4 is 39.3 Å². The zero-order valence-corrected chi connectivity index (χ0v) is 16.8. The molecule has 148 valence electrons. The summed E-state index contributed by atoms with van der Waals surface area (Å²) < 4.78 is 32.9. The number of ether oxygens (including phenoxy) is 1. The van der Waals surface area contributed by atoms with Crippen molar-refractivity contribution in [1.82, 2.24) is 9.21 Å². The Hall–Kier alpha value is -1.78. The molecule has 0 bridgehead atoms. The number of sulfonamides is 1. The molecule has 27 heavy (non-hydrogen) atoms. The van der Waals surface area contributed by atoms with Gasteiger partial charge in [-0.25, -0.2) is 8.42 Å². The first kappa shape index (κ1) is 20.0. The molecule has 0 aliphatic carbocycles. The Morgan fingerprint density at radius 2 is 2.04 bits per heavy atom. The van der Waals surface area contributed by atoms with Gasteiger partial charge in [-0.1, -0.05) is 0 Å². The van der Waals surface area contributed by atoms with Crippen LogP contribution < -0.4 is 10.1 Å². The fourth-order valence-corrected chi connectivity index (χ4v) is 5.62. The fourth-order valence-electron chi connectivity index (χ4n) is 3.04. The molecular weight excluding hydrogens is 390 g/mol. The van der Waals surface area contributed by atoms with Gasteiger partial charge in [-0.15, -0.1) is 11.8 Å². The molecule has 2 saturated heterocycles. The molecule has 0 unspecified atom stereocenters. The molecule has 2 fully saturated rings. The maximum atomic E-state index is 13.0. The van der Waals surface area contributed by atoms with E-state index in [0.29, 0.717) is 37.0 Å². The van der Waals surface area contributed by atoms with Gasteiger partial charge in [0.2, 0.25) is 21.8 Å². The fraction of sp³-hybridized carbons (Fsp3) is 0.529. The molecule has 2 heterocycles. The summed E-state index contributed by atoms with van der Waals surface area (Å²) in [6.45, 7) is 3.04. The lowest BCUT2D eigenvalue weighted by atomic mass is 10.3. The van der Waals surface area contributed by atoms with Crippen LogP contribution >= 0.6 is 11.8 Å². The molecule has 2 amide bonds. The van der Waals surface area contributed by atoms with Gasteiger partial charge < -0.3 is 15.0 Å². The first-order valence-electron chi connectivity index (χ1n) is 8.84. The van der Waals surface area contributed by atoms with Gasteiger partial charge in [-0.05, 0) is 38.0 Å². The number of hydrogen-bond donors (Lipinski definition) is 1. The predicted octanol–water partition coefficient (Wildman–Crippen LogP) is 1.34. The molecule has 0 atom stereocenters. The average molecular weight is 414 g/mol. The van der Waals surface area contributed by atoms with Crippen molar-refractivity contribution in [3.05, 3.63) is 18.2 Å². The van der Waals surface area contributed by atoms with Crippen molar-refractivity contribution in [2.75, 3.05) is 43.2 Å². The van der Waals surface area contributed by atoms with E-state index in [-0.39, 0.29) is 29.0 Å². The average Bonchev–Trinajstić information content (AvgIpc) is 3.29. The smallest absolute Gasteiger partial charge is 0.246 e. The quantitative estimate of drug-likeness (QED) is 0.725. The lowest BCUT2D eigenvalue weighted by Gasteiger charge is -2.19. The van der Waals surface area contributed by atoms with E-state index in [0.717, 1.165) is 12.8 Å². The predicted molar refractivity (Wildman–Crippen MR) is 103 cm³/mol. The number of benzene rings is 1. The molecule has 1 aromatic carbocycles. The number of thioether (sulfide) groups is 1. The minimum Gasteiger partial charge on any atom is -0.492 e. The van der Waals surface area contributed by atoms with Gasteiger partial charge in [-0.3, -0.25) is 9.59 Å². The Morgan fingerprint density at radius 1 is 1.30 bits per heavy atom. The van der Waals surface area contributed by atoms with E-state index in [1.54, 1.807) is 19.1 Å². The SMILES string of the molecule is CCOc1ccc(NC(=O)CN2CSCC2=O)cc1S(=O)(=O)N1CCCC1. The highest BCUT2D eigenvalue weighted by Crippen LogP contribution is 2.31. The second kappa shape index (κ2) is 8.49. The van der Waals surface area contributed by atoms with Crippen LogP contribution in [0.4, 0.5) is 5.69 Å². The van der Waals surface area contributed by atoms with Crippen molar-refractivity contribution in [3.63, 3.8) is 0 Å². The third kappa shape index (κ3) is 4.56. The Morgan fingerprint density at radius 3 is 2.67 bits per heavy atom. The summed E-state index contributed by atoms with van der Waals surface area (Å²) in [6, 6.07) is 4.59. The van der Waals surface area contributed by atoms with E-state index >= 15 is 0 Å². The second-order valence-corrected chi connectivity index (χ2v) is 9.18. The summed E-state index contributed by atoms with van der Waals surface area (Å²) in [7, 11) is -3.69. The highest BCUT2D eigenvalue weighted by Gasteiger charge is 2.30. The van der Waals surface area contributed by atoms with E-state index in [4.69, 9.17) is 4.74 Å². The number of carbonyl (C=O) groups excluding carboxylic acids is 2. The van der Waals surface area contributed by atoms with Gasteiger partial charge in [0, 0.05) is 18.8 Å². The van der Waals surface area contributed by atoms with Gasteiger partial charge in [-0.2, -0.15) is 4.31 Å². The largest absolute Gasteiger partial charge is 0.492 e. The molecule has 0 aromatic heterocycles. The summed E-state index contributed by atoms with van der Waals surface area (Å²) >= 11 is 1.46. The van der Waals surface area contributed by atoms with Crippen molar-refractivity contribution in [2.45, 2.75) is 24.7 Å². The normalized spacial score (nSPS) is 18.1. The van der Waals surface area contributed by atoms with Crippen molar-refractivity contribution in [1.29, 1.82) is 0 Å². The van der Waals surface area contributed by atoms with Crippen molar-refractivity contribution < 1.29 is 22.7 Å². The zero-order valence-electron chi connectivity index (χ0n) is 15.1. The molecule has 3 rings (SSSR count). The number of nitrogens with one attached hydrogen (secondary N) is 1. The van der Waals surface area contributed by atoms with Gasteiger partial charge in [0.25, 0.3) is 0 Å². The Labute approximate surface area is 163 Å². The number of anilines is 1. The maximum Gasteiger partial charge on any atom is 0.246 e. The Kier molecular flexibility index (Phi) is 6.28. The summed E-state index contributed by atoms with van der Waals surface area (Å²) in [5, 5.41) is 2.68. The highest BCUT2D eigenvalue weighted by molar-refractivity contribution is 8.00. The Balaban J connectivity index is 1.80. The standard InChI is InChI=1S/C17H23N3O5S2/c1-2-25-14-6-5-13(18-16(21)10-19-12-26-11-17(19)22)9-15(14)27(23,24)20-7-3-4-8-20/h5-6,9H,2-4,7-8,10-12H2,1H3,(H,18,21). The van der Waals surface area contributed by atoms with E-state index in [2.05, 4.69) is 5.32 Å². The molecule has 8 nitrogen and oxygen atoms in total. The van der Waals surface area contributed by atoms with Gasteiger partial charge in [0.1, 0.15) is 17.2 Å². The highest BCUT2D eigenvalue weighted by atomic mass is 32.2. The molecular formula is C17H23N3O5S2. The van der Waals surface area contributed by atoms with Crippen LogP contribution in [0.25, 0.3) is 0 Å². The van der Waals surface area contributed by atoms with Crippen LogP contribution in [0, 0.1) is 0 Å². The number of carbonyl (C=O) groups is 2. The summed E-state index contributed by atoms with van der Waals surface area (Å²) in [4.78, 5) is 25.4. The minimum atomic E-state index is -3.69. The zero-order chi connectivity index (χ0) is 19.4. The molecule has 0 spiro atoms. The van der Waals surface area contributed by atoms with Crippen molar-refractivity contribution in [2.24, 2.45) is 0 Å². The van der Waals surface area contributed by atoms with E-state index < -0.39 is 10.0 Å². The van der Waals surface area contributed by atoms with Crippen LogP contribution in [0.15, 0.2) is 23.1 Å². The maximum absolute atomic E-state index is 13.0. The van der Waals surface area contributed by atoms with Gasteiger partial charge in [0.15, 0.2) is 0 Å². The summed E-state index contributed by atoms with van der Waals surface area (Å²) in [6.07, 6.45) is 1.67. The second-order valence-electron chi connectivity index (χ2n) is 6.32. The third-order valence-corrected chi connectivity index (χ3v) is 7.24. The van der Waals surface area contributed by atoms with Gasteiger partial charge in [0.05, 0.1) is 18.2 Å². The summed E-state index contributed by atoms with van der Waals surface area (Å²) in [5.41, 5.74) is 0.362. The van der Waals surface area contributed by atoms with Crippen LogP contribution in [0.1, 0.15) is 19.8 Å². The van der Waals surface area contributed by atoms with Crippen LogP contribution in [-0.4, -0.2) is 67.3 Å². The topological polar surface area (TPSA) is 96.0 Å². The first-order chi connectivity index (χ1) is 12.9. The monoisotopic (exact) mass is 413 g/mol. The van der Waals surface area contributed by atoms with Gasteiger partial charge >= 0.3 is 0 Å². The number of hydrogen-bond acceptors (Lipinski definition) is 6. The van der Waals surface area contributed by atoms with Crippen LogP contribution in [0.3, 0.4) is 0 Å². The number of rotatable bonds is 7. The number of amides is 2. The number of nitrogens with zero attached hydrogens (tertiary/aromatic N) is 2. The van der Waals surface area contributed by atoms with Crippen LogP contribution in [0.5, 0.6) is 5.75 Å². The van der Waals surface area contributed by atoms with Crippen LogP contribution in [-0.2, 0) is 19.6 Å². The molecule has 0 radical (unpaired) electrons. The molecule has 0 saturated carbocycles. The Bertz CT molecular complexity index is 822. The summed E-state index contributed by atoms with van der Waals surface area (Å²) in [5.74, 6) is 0.714. The van der Waals surface area contributed by atoms with E-state index in [1.807, 2.05) is 0 Å². The van der Waals surface area contributed by atoms with Crippen LogP contribution in [0.2, 0.25) is 0 Å². The molecule has 2 aliphatic heterocycles. The molecule has 2 aliphatic rings. The first-order valence-corrected chi connectivity index (χ1v) is 11.4. The molecule has 1 aromatic rings. The van der Waals surface area contributed by atoms with E-state index in [9.17, 15) is 18.0 Å². The third-order valence-electron chi connectivity index (χ3n) is 4.37. The van der Waals surface area contributed by atoms with E-state index in [1.165, 1.54) is 27.0 Å². The molecule has 1 N–H and O–H groups in total. The lowest BCUT2D eigenvalue weighted by molar-refractivity contribution is -0.130. The lowest BCUT2D eigenvalue weighted by Crippen LogP contribution is -2.34. The minimum absolute atomic E-state index is 0.0484. The molecule has 10 heteroatoms. The van der Waals surface area contributed by atoms with Crippen molar-refractivity contribution in [3.8, 4) is 5.75 Å².